The summed E-state index contributed by atoms with van der Waals surface area (Å²) >= 11 is 1.57. The smallest absolute Gasteiger partial charge is 0.255 e. The summed E-state index contributed by atoms with van der Waals surface area (Å²) in [7, 11) is 1.54. The van der Waals surface area contributed by atoms with Crippen molar-refractivity contribution in [1.29, 1.82) is 0 Å². The molecule has 0 radical (unpaired) electrons. The lowest BCUT2D eigenvalue weighted by atomic mass is 9.93. The minimum absolute atomic E-state index is 0.0614. The lowest BCUT2D eigenvalue weighted by molar-refractivity contribution is -0.151. The minimum Gasteiger partial charge on any atom is -0.496 e. The van der Waals surface area contributed by atoms with E-state index in [4.69, 9.17) is 4.74 Å². The van der Waals surface area contributed by atoms with E-state index in [0.717, 1.165) is 4.90 Å². The monoisotopic (exact) mass is 377 g/mol. The summed E-state index contributed by atoms with van der Waals surface area (Å²) in [5, 5.41) is 5.68. The lowest BCUT2D eigenvalue weighted by Gasteiger charge is -2.43. The molecule has 2 aliphatic heterocycles. The van der Waals surface area contributed by atoms with Gasteiger partial charge in [-0.15, -0.1) is 11.8 Å². The van der Waals surface area contributed by atoms with E-state index in [1.807, 2.05) is 18.4 Å². The molecule has 3 amide bonds. The number of benzene rings is 1. The number of hydrogen-bond acceptors (Lipinski definition) is 5. The van der Waals surface area contributed by atoms with Gasteiger partial charge in [0.1, 0.15) is 17.8 Å². The number of nitrogens with one attached hydrogen (secondary N) is 2. The topological polar surface area (TPSA) is 87.7 Å². The van der Waals surface area contributed by atoms with E-state index in [1.165, 1.54) is 7.11 Å². The molecule has 1 aromatic carbocycles. The number of nitrogens with zero attached hydrogens (tertiary/aromatic N) is 1. The zero-order valence-electron chi connectivity index (χ0n) is 15.1. The van der Waals surface area contributed by atoms with Crippen LogP contribution in [-0.4, -0.2) is 60.7 Å². The van der Waals surface area contributed by atoms with Crippen LogP contribution < -0.4 is 15.4 Å². The summed E-state index contributed by atoms with van der Waals surface area (Å²) in [6, 6.07) is 4.28. The number of rotatable bonds is 4. The third kappa shape index (κ3) is 3.51. The number of ether oxygens (including phenoxy) is 1. The Morgan fingerprint density at radius 2 is 2.15 bits per heavy atom. The summed E-state index contributed by atoms with van der Waals surface area (Å²) in [6.07, 6.45) is 3.00. The molecule has 2 saturated heterocycles. The van der Waals surface area contributed by atoms with Gasteiger partial charge in [0, 0.05) is 17.5 Å². The largest absolute Gasteiger partial charge is 0.496 e. The highest BCUT2D eigenvalue weighted by molar-refractivity contribution is 7.98. The minimum atomic E-state index is -0.515. The Labute approximate surface area is 156 Å². The van der Waals surface area contributed by atoms with Gasteiger partial charge in [-0.1, -0.05) is 0 Å². The predicted molar refractivity (Wildman–Crippen MR) is 98.4 cm³/mol. The van der Waals surface area contributed by atoms with Gasteiger partial charge in [0.2, 0.25) is 11.8 Å². The van der Waals surface area contributed by atoms with Crippen LogP contribution in [0.15, 0.2) is 23.1 Å². The first-order valence-corrected chi connectivity index (χ1v) is 9.80. The fourth-order valence-corrected chi connectivity index (χ4v) is 3.91. The van der Waals surface area contributed by atoms with Gasteiger partial charge in [0.15, 0.2) is 0 Å². The molecule has 0 spiro atoms. The molecule has 3 atom stereocenters. The summed E-state index contributed by atoms with van der Waals surface area (Å²) in [4.78, 5) is 39.7. The third-order valence-corrected chi connectivity index (χ3v) is 5.63. The van der Waals surface area contributed by atoms with Crippen molar-refractivity contribution in [3.05, 3.63) is 23.8 Å². The quantitative estimate of drug-likeness (QED) is 0.765. The highest BCUT2D eigenvalue weighted by Gasteiger charge is 2.42. The molecule has 2 fully saturated rings. The van der Waals surface area contributed by atoms with Crippen molar-refractivity contribution in [2.75, 3.05) is 19.9 Å². The fourth-order valence-electron chi connectivity index (χ4n) is 3.48. The van der Waals surface area contributed by atoms with E-state index in [-0.39, 0.29) is 23.8 Å². The SMILES string of the molecule is COc1cc(SC)ccc1C(=O)NC1CCN2C(=O)C(C)NC(=O)C2C1. The Bertz CT molecular complexity index is 739. The first kappa shape index (κ1) is 18.6. The second-order valence-electron chi connectivity index (χ2n) is 6.54. The fraction of sp³-hybridized carbons (Fsp3) is 0.500. The Morgan fingerprint density at radius 3 is 2.85 bits per heavy atom. The van der Waals surface area contributed by atoms with Crippen LogP contribution in [0.2, 0.25) is 0 Å². The summed E-state index contributed by atoms with van der Waals surface area (Å²) < 4.78 is 5.34. The van der Waals surface area contributed by atoms with Crippen molar-refractivity contribution in [3.8, 4) is 5.75 Å². The molecule has 0 aromatic heterocycles. The normalized spacial score (nSPS) is 25.3. The van der Waals surface area contributed by atoms with E-state index in [9.17, 15) is 14.4 Å². The second kappa shape index (κ2) is 7.57. The number of piperazine rings is 1. The van der Waals surface area contributed by atoms with Crippen LogP contribution in [-0.2, 0) is 9.59 Å². The molecule has 7 nitrogen and oxygen atoms in total. The van der Waals surface area contributed by atoms with Crippen LogP contribution in [0.1, 0.15) is 30.1 Å². The molecule has 2 aliphatic rings. The molecule has 2 N–H and O–H groups in total. The van der Waals surface area contributed by atoms with E-state index in [1.54, 1.807) is 29.7 Å². The van der Waals surface area contributed by atoms with Gasteiger partial charge in [-0.25, -0.2) is 0 Å². The number of methoxy groups -OCH3 is 1. The van der Waals surface area contributed by atoms with Gasteiger partial charge < -0.3 is 20.3 Å². The summed E-state index contributed by atoms with van der Waals surface area (Å²) in [5.41, 5.74) is 0.463. The maximum atomic E-state index is 12.7. The van der Waals surface area contributed by atoms with E-state index < -0.39 is 12.1 Å². The molecular weight excluding hydrogens is 354 g/mol. The standard InChI is InChI=1S/C18H23N3O4S/c1-10-18(24)21-7-6-11(8-14(21)17(23)19-10)20-16(22)13-5-4-12(26-3)9-15(13)25-2/h4-5,9-11,14H,6-8H2,1-3H3,(H,19,23)(H,20,22). The molecule has 0 saturated carbocycles. The molecule has 3 rings (SSSR count). The number of fused-ring (bicyclic) bond motifs is 1. The van der Waals surface area contributed by atoms with Crippen LogP contribution in [0, 0.1) is 0 Å². The highest BCUT2D eigenvalue weighted by Crippen LogP contribution is 2.26. The molecule has 0 bridgehead atoms. The number of thioether (sulfide) groups is 1. The molecule has 8 heteroatoms. The zero-order chi connectivity index (χ0) is 18.8. The van der Waals surface area contributed by atoms with Gasteiger partial charge in [0.25, 0.3) is 5.91 Å². The van der Waals surface area contributed by atoms with Crippen LogP contribution in [0.5, 0.6) is 5.75 Å². The molecule has 3 unspecified atom stereocenters. The van der Waals surface area contributed by atoms with Crippen LogP contribution in [0.3, 0.4) is 0 Å². The Hall–Kier alpha value is -2.22. The number of hydrogen-bond donors (Lipinski definition) is 2. The van der Waals surface area contributed by atoms with Crippen molar-refractivity contribution in [2.24, 2.45) is 0 Å². The Kier molecular flexibility index (Phi) is 5.41. The third-order valence-electron chi connectivity index (χ3n) is 4.91. The summed E-state index contributed by atoms with van der Waals surface area (Å²) in [6.45, 7) is 2.16. The first-order valence-electron chi connectivity index (χ1n) is 8.58. The van der Waals surface area contributed by atoms with Crippen molar-refractivity contribution in [1.82, 2.24) is 15.5 Å². The van der Waals surface area contributed by atoms with Crippen molar-refractivity contribution < 1.29 is 19.1 Å². The zero-order valence-corrected chi connectivity index (χ0v) is 15.9. The number of carbonyl (C=O) groups is 3. The molecule has 26 heavy (non-hydrogen) atoms. The Balaban J connectivity index is 1.70. The first-order chi connectivity index (χ1) is 12.4. The molecule has 0 aliphatic carbocycles. The van der Waals surface area contributed by atoms with E-state index in [0.29, 0.717) is 30.7 Å². The molecule has 140 valence electrons. The molecule has 2 heterocycles. The van der Waals surface area contributed by atoms with E-state index >= 15 is 0 Å². The summed E-state index contributed by atoms with van der Waals surface area (Å²) in [5.74, 6) is 0.0710. The van der Waals surface area contributed by atoms with Crippen molar-refractivity contribution in [2.45, 2.75) is 42.8 Å². The average Bonchev–Trinajstić information content (AvgIpc) is 2.65. The molecular formula is C18H23N3O4S. The maximum absolute atomic E-state index is 12.7. The number of amides is 3. The number of piperidine rings is 1. The van der Waals surface area contributed by atoms with Gasteiger partial charge in [0.05, 0.1) is 12.7 Å². The number of carbonyl (C=O) groups excluding carboxylic acids is 3. The van der Waals surface area contributed by atoms with E-state index in [2.05, 4.69) is 10.6 Å². The highest BCUT2D eigenvalue weighted by atomic mass is 32.2. The Morgan fingerprint density at radius 1 is 1.38 bits per heavy atom. The van der Waals surface area contributed by atoms with Gasteiger partial charge in [-0.2, -0.15) is 0 Å². The second-order valence-corrected chi connectivity index (χ2v) is 7.42. The van der Waals surface area contributed by atoms with Crippen molar-refractivity contribution >= 4 is 29.5 Å². The van der Waals surface area contributed by atoms with Crippen molar-refractivity contribution in [3.63, 3.8) is 0 Å². The van der Waals surface area contributed by atoms with Crippen LogP contribution in [0.25, 0.3) is 0 Å². The maximum Gasteiger partial charge on any atom is 0.255 e. The van der Waals surface area contributed by atoms with Gasteiger partial charge in [-0.05, 0) is 44.2 Å². The predicted octanol–water partition coefficient (Wildman–Crippen LogP) is 1.02. The average molecular weight is 377 g/mol. The van der Waals surface area contributed by atoms with Gasteiger partial charge >= 0.3 is 0 Å². The lowest BCUT2D eigenvalue weighted by Crippen LogP contribution is -2.66. The van der Waals surface area contributed by atoms with Crippen LogP contribution in [0.4, 0.5) is 0 Å². The van der Waals surface area contributed by atoms with Crippen LogP contribution >= 0.6 is 11.8 Å². The van der Waals surface area contributed by atoms with Gasteiger partial charge in [-0.3, -0.25) is 14.4 Å². The molecule has 1 aromatic rings.